The fraction of sp³-hybridized carbons (Fsp3) is 0.750. The summed E-state index contributed by atoms with van der Waals surface area (Å²) < 4.78 is 56.3. The van der Waals surface area contributed by atoms with Gasteiger partial charge in [0.05, 0.1) is 24.3 Å². The first kappa shape index (κ1) is 30.1. The van der Waals surface area contributed by atoms with Crippen LogP contribution in [0.4, 0.5) is 23.9 Å². The Morgan fingerprint density at radius 1 is 1.18 bits per heavy atom. The molecule has 38 heavy (non-hydrogen) atoms. The van der Waals surface area contributed by atoms with E-state index in [0.29, 0.717) is 32.5 Å². The van der Waals surface area contributed by atoms with E-state index in [1.807, 2.05) is 4.90 Å². The fourth-order valence-electron chi connectivity index (χ4n) is 4.39. The second-order valence-electron chi connectivity index (χ2n) is 11.4. The summed E-state index contributed by atoms with van der Waals surface area (Å²) in [5.41, 5.74) is 4.13. The van der Waals surface area contributed by atoms with Crippen LogP contribution in [0.15, 0.2) is 12.4 Å². The number of hydrogen-bond donors (Lipinski definition) is 1. The fourth-order valence-corrected chi connectivity index (χ4v) is 5.73. The molecule has 214 valence electrons. The van der Waals surface area contributed by atoms with Gasteiger partial charge in [0, 0.05) is 38.4 Å². The summed E-state index contributed by atoms with van der Waals surface area (Å²) >= 11 is 0. The van der Waals surface area contributed by atoms with Crippen molar-refractivity contribution in [3.8, 4) is 0 Å². The summed E-state index contributed by atoms with van der Waals surface area (Å²) in [6.45, 7) is 13.5. The largest absolute Gasteiger partial charge is 0.444 e. The molecule has 0 unspecified atom stereocenters. The van der Waals surface area contributed by atoms with E-state index in [1.165, 1.54) is 0 Å². The zero-order valence-corrected chi connectivity index (χ0v) is 23.7. The van der Waals surface area contributed by atoms with E-state index in [2.05, 4.69) is 43.8 Å². The van der Waals surface area contributed by atoms with Gasteiger partial charge in [0.2, 0.25) is 5.95 Å². The van der Waals surface area contributed by atoms with Crippen molar-refractivity contribution >= 4 is 26.3 Å². The lowest BCUT2D eigenvalue weighted by Gasteiger charge is -2.47. The minimum absolute atomic E-state index is 0.0424. The highest BCUT2D eigenvalue weighted by molar-refractivity contribution is 6.74. The van der Waals surface area contributed by atoms with Crippen molar-refractivity contribution in [2.75, 3.05) is 31.1 Å². The summed E-state index contributed by atoms with van der Waals surface area (Å²) in [5.74, 6) is 0.0296. The molecule has 0 spiro atoms. The van der Waals surface area contributed by atoms with E-state index in [4.69, 9.17) is 19.6 Å². The third-order valence-electron chi connectivity index (χ3n) is 7.47. The quantitative estimate of drug-likeness (QED) is 0.479. The van der Waals surface area contributed by atoms with Crippen molar-refractivity contribution in [2.45, 2.75) is 89.2 Å². The predicted molar refractivity (Wildman–Crippen MR) is 136 cm³/mol. The van der Waals surface area contributed by atoms with Gasteiger partial charge in [-0.15, -0.1) is 0 Å². The number of likely N-dealkylation sites (tertiary alicyclic amines) is 1. The minimum Gasteiger partial charge on any atom is -0.444 e. The number of piperidine rings is 1. The number of rotatable bonds is 8. The Hall–Kier alpha value is -2.45. The molecule has 0 aromatic carbocycles. The van der Waals surface area contributed by atoms with E-state index in [9.17, 15) is 22.8 Å². The molecule has 0 radical (unpaired) electrons. The Bertz CT molecular complexity index is 989. The molecule has 2 aliphatic heterocycles. The lowest BCUT2D eigenvalue weighted by molar-refractivity contribution is -0.142. The van der Waals surface area contributed by atoms with E-state index in [0.717, 1.165) is 12.4 Å². The van der Waals surface area contributed by atoms with Crippen LogP contribution in [0.5, 0.6) is 0 Å². The number of anilines is 1. The van der Waals surface area contributed by atoms with Gasteiger partial charge in [0.15, 0.2) is 8.32 Å². The van der Waals surface area contributed by atoms with Gasteiger partial charge in [-0.3, -0.25) is 4.79 Å². The predicted octanol–water partition coefficient (Wildman–Crippen LogP) is 3.57. The van der Waals surface area contributed by atoms with Crippen molar-refractivity contribution in [1.82, 2.24) is 14.9 Å². The van der Waals surface area contributed by atoms with Crippen LogP contribution in [-0.2, 0) is 24.9 Å². The molecule has 2 aliphatic rings. The molecule has 3 heterocycles. The molecule has 3 rings (SSSR count). The average Bonchev–Trinajstić information content (AvgIpc) is 3.15. The number of carbonyl (C=O) groups is 2. The van der Waals surface area contributed by atoms with E-state index >= 15 is 0 Å². The number of aromatic nitrogens is 2. The van der Waals surface area contributed by atoms with Crippen LogP contribution in [-0.4, -0.2) is 85.8 Å². The number of alkyl halides is 3. The summed E-state index contributed by atoms with van der Waals surface area (Å²) in [4.78, 5) is 35.8. The highest BCUT2D eigenvalue weighted by atomic mass is 28.4. The molecular weight excluding hydrogens is 523 g/mol. The minimum atomic E-state index is -4.52. The maximum absolute atomic E-state index is 13.3. The topological polar surface area (TPSA) is 120 Å². The van der Waals surface area contributed by atoms with Crippen molar-refractivity contribution in [3.05, 3.63) is 18.0 Å². The third kappa shape index (κ3) is 7.14. The van der Waals surface area contributed by atoms with Gasteiger partial charge < -0.3 is 29.4 Å². The van der Waals surface area contributed by atoms with Gasteiger partial charge in [0.1, 0.15) is 12.2 Å². The molecule has 1 aromatic rings. The molecule has 2 N–H and O–H groups in total. The molecule has 2 fully saturated rings. The van der Waals surface area contributed by atoms with Crippen LogP contribution in [0.25, 0.3) is 0 Å². The van der Waals surface area contributed by atoms with Crippen LogP contribution in [0.3, 0.4) is 0 Å². The molecule has 0 aliphatic carbocycles. The lowest BCUT2D eigenvalue weighted by Crippen LogP contribution is -2.60. The Morgan fingerprint density at radius 3 is 2.37 bits per heavy atom. The van der Waals surface area contributed by atoms with Crippen LogP contribution in [0.1, 0.15) is 46.1 Å². The lowest BCUT2D eigenvalue weighted by atomic mass is 10.0. The smallest absolute Gasteiger partial charge is 0.419 e. The first-order chi connectivity index (χ1) is 17.5. The molecular formula is C24H38F3N5O5Si. The zero-order valence-electron chi connectivity index (χ0n) is 22.7. The Labute approximate surface area is 222 Å². The Morgan fingerprint density at radius 2 is 1.82 bits per heavy atom. The molecule has 10 nitrogen and oxygen atoms in total. The highest BCUT2D eigenvalue weighted by Crippen LogP contribution is 2.39. The number of ether oxygens (including phenoxy) is 2. The van der Waals surface area contributed by atoms with Crippen LogP contribution < -0.4 is 10.6 Å². The van der Waals surface area contributed by atoms with Gasteiger partial charge in [0.25, 0.3) is 5.91 Å². The van der Waals surface area contributed by atoms with Gasteiger partial charge in [-0.25, -0.2) is 14.8 Å². The van der Waals surface area contributed by atoms with Crippen LogP contribution >= 0.6 is 0 Å². The van der Waals surface area contributed by atoms with Crippen LogP contribution in [0.2, 0.25) is 18.1 Å². The summed E-state index contributed by atoms with van der Waals surface area (Å²) in [5, 5.41) is -0.0953. The number of nitrogens with two attached hydrogens (primary N) is 1. The van der Waals surface area contributed by atoms with E-state index in [-0.39, 0.29) is 29.5 Å². The monoisotopic (exact) mass is 561 g/mol. The third-order valence-corrected chi connectivity index (χ3v) is 12.0. The maximum atomic E-state index is 13.3. The van der Waals surface area contributed by atoms with Gasteiger partial charge in [-0.05, 0) is 31.5 Å². The summed E-state index contributed by atoms with van der Waals surface area (Å²) in [6, 6.07) is -0.241. The Kier molecular flexibility index (Phi) is 8.98. The van der Waals surface area contributed by atoms with Crippen LogP contribution in [0, 0.1) is 0 Å². The number of carbonyl (C=O) groups excluding carboxylic acids is 2. The first-order valence-corrected chi connectivity index (χ1v) is 15.6. The summed E-state index contributed by atoms with van der Waals surface area (Å²) in [6.07, 6.45) is -4.49. The Balaban J connectivity index is 1.76. The molecule has 0 saturated carbocycles. The second kappa shape index (κ2) is 11.3. The molecule has 0 bridgehead atoms. The maximum Gasteiger partial charge on any atom is 0.419 e. The molecule has 2 saturated heterocycles. The highest BCUT2D eigenvalue weighted by Gasteiger charge is 2.47. The second-order valence-corrected chi connectivity index (χ2v) is 16.1. The number of nitrogens with zero attached hydrogens (tertiary/aromatic N) is 4. The number of halogens is 3. The SMILES string of the molecule is C[C@@H](CO[C@@H]1CCN([C@H]2CCN(c3ncc(C(F)(F)F)cn3)C[C@H]2O[Si](C)(C)C(C)(C)C)C1=O)OC(N)=O. The van der Waals surface area contributed by atoms with E-state index < -0.39 is 44.5 Å². The molecule has 2 amide bonds. The molecule has 1 aromatic heterocycles. The normalized spacial score (nSPS) is 24.0. The number of primary amides is 1. The van der Waals surface area contributed by atoms with Gasteiger partial charge in [-0.1, -0.05) is 20.8 Å². The van der Waals surface area contributed by atoms with Crippen molar-refractivity contribution < 1.29 is 36.7 Å². The van der Waals surface area contributed by atoms with E-state index in [1.54, 1.807) is 11.8 Å². The standard InChI is InChI=1S/C24H38F3N5O5Si/c1-15(36-21(28)34)14-35-18-8-10-32(20(18)33)17-7-9-31(13-19(17)37-38(5,6)23(2,3)4)22-29-11-16(12-30-22)24(25,26)27/h11-12,15,17-19H,7-10,13-14H2,1-6H3,(H2,28,34)/t15-,17-,18+,19+/m0/s1. The van der Waals surface area contributed by atoms with Gasteiger partial charge in [-0.2, -0.15) is 13.2 Å². The van der Waals surface area contributed by atoms with Crippen molar-refractivity contribution in [1.29, 1.82) is 0 Å². The van der Waals surface area contributed by atoms with Gasteiger partial charge >= 0.3 is 12.3 Å². The summed E-state index contributed by atoms with van der Waals surface area (Å²) in [7, 11) is -2.28. The molecule has 4 atom stereocenters. The number of hydrogen-bond acceptors (Lipinski definition) is 8. The van der Waals surface area contributed by atoms with Crippen molar-refractivity contribution in [3.63, 3.8) is 0 Å². The average molecular weight is 562 g/mol. The first-order valence-electron chi connectivity index (χ1n) is 12.7. The molecule has 14 heteroatoms. The zero-order chi connectivity index (χ0) is 28.5. The van der Waals surface area contributed by atoms with Crippen molar-refractivity contribution in [2.24, 2.45) is 5.73 Å². The number of amides is 2.